The van der Waals surface area contributed by atoms with Gasteiger partial charge in [-0.05, 0) is 91.7 Å². The van der Waals surface area contributed by atoms with Crippen LogP contribution in [0.4, 0.5) is 11.4 Å². The minimum atomic E-state index is 0.00951. The van der Waals surface area contributed by atoms with Gasteiger partial charge in [-0.2, -0.15) is 0 Å². The summed E-state index contributed by atoms with van der Waals surface area (Å²) in [6, 6.07) is 12.5. The molecule has 0 saturated heterocycles. The Bertz CT molecular complexity index is 935. The monoisotopic (exact) mass is 386 g/mol. The SMILES string of the molecule is Cc1cccc(C(=O)Nc2cc3c4c(c2)[C@H]2CCC[C@H]2CN4C[C@H]2CCC[C@H]32)c1. The molecular formula is C26H30N2O. The van der Waals surface area contributed by atoms with Crippen LogP contribution >= 0.6 is 0 Å². The second kappa shape index (κ2) is 6.62. The first-order valence-corrected chi connectivity index (χ1v) is 11.5. The molecule has 2 aliphatic heterocycles. The van der Waals surface area contributed by atoms with Gasteiger partial charge >= 0.3 is 0 Å². The number of carbonyl (C=O) groups is 1. The van der Waals surface area contributed by atoms with Gasteiger partial charge < -0.3 is 10.2 Å². The Kier molecular flexibility index (Phi) is 4.01. The molecule has 2 aromatic carbocycles. The summed E-state index contributed by atoms with van der Waals surface area (Å²) >= 11 is 0. The Morgan fingerprint density at radius 3 is 2.21 bits per heavy atom. The van der Waals surface area contributed by atoms with Gasteiger partial charge in [0.25, 0.3) is 5.91 Å². The minimum Gasteiger partial charge on any atom is -0.370 e. The molecule has 0 spiro atoms. The molecule has 3 nitrogen and oxygen atoms in total. The molecule has 29 heavy (non-hydrogen) atoms. The van der Waals surface area contributed by atoms with Gasteiger partial charge in [-0.15, -0.1) is 0 Å². The summed E-state index contributed by atoms with van der Waals surface area (Å²) < 4.78 is 0. The number of aryl methyl sites for hydroxylation is 1. The van der Waals surface area contributed by atoms with Crippen LogP contribution < -0.4 is 10.2 Å². The van der Waals surface area contributed by atoms with Crippen LogP contribution in [0.5, 0.6) is 0 Å². The number of amides is 1. The molecule has 2 heterocycles. The maximum atomic E-state index is 12.9. The molecule has 150 valence electrons. The molecule has 2 fully saturated rings. The Hall–Kier alpha value is -2.29. The van der Waals surface area contributed by atoms with Gasteiger partial charge in [0.15, 0.2) is 0 Å². The topological polar surface area (TPSA) is 32.3 Å². The lowest BCUT2D eigenvalue weighted by Crippen LogP contribution is -2.43. The van der Waals surface area contributed by atoms with E-state index in [1.54, 1.807) is 5.69 Å². The number of hydrogen-bond acceptors (Lipinski definition) is 2. The summed E-state index contributed by atoms with van der Waals surface area (Å²) in [5, 5.41) is 3.25. The molecule has 0 aromatic heterocycles. The highest BCUT2D eigenvalue weighted by atomic mass is 16.1. The van der Waals surface area contributed by atoms with Crippen LogP contribution in [0.2, 0.25) is 0 Å². The van der Waals surface area contributed by atoms with Gasteiger partial charge in [0.2, 0.25) is 0 Å². The van der Waals surface area contributed by atoms with E-state index in [9.17, 15) is 4.79 Å². The molecule has 4 aliphatic rings. The average Bonchev–Trinajstić information content (AvgIpc) is 3.37. The van der Waals surface area contributed by atoms with Gasteiger partial charge in [0.05, 0.1) is 0 Å². The molecule has 0 radical (unpaired) electrons. The second-order valence-corrected chi connectivity index (χ2v) is 9.83. The third kappa shape index (κ3) is 2.81. The van der Waals surface area contributed by atoms with Gasteiger partial charge in [-0.25, -0.2) is 0 Å². The molecule has 0 bridgehead atoms. The first kappa shape index (κ1) is 17.6. The van der Waals surface area contributed by atoms with Crippen LogP contribution in [0.3, 0.4) is 0 Å². The third-order valence-electron chi connectivity index (χ3n) is 8.05. The third-order valence-corrected chi connectivity index (χ3v) is 8.05. The molecule has 1 amide bonds. The molecule has 4 atom stereocenters. The Balaban J connectivity index is 1.42. The molecule has 1 N–H and O–H groups in total. The molecule has 0 unspecified atom stereocenters. The van der Waals surface area contributed by atoms with Crippen molar-refractivity contribution in [3.05, 3.63) is 58.7 Å². The van der Waals surface area contributed by atoms with Crippen molar-refractivity contribution in [3.8, 4) is 0 Å². The molecule has 3 heteroatoms. The summed E-state index contributed by atoms with van der Waals surface area (Å²) in [5.74, 6) is 2.99. The fourth-order valence-corrected chi connectivity index (χ4v) is 6.83. The van der Waals surface area contributed by atoms with Crippen LogP contribution in [-0.4, -0.2) is 19.0 Å². The number of rotatable bonds is 2. The van der Waals surface area contributed by atoms with Crippen LogP contribution in [0.15, 0.2) is 36.4 Å². The number of nitrogens with zero attached hydrogens (tertiary/aromatic N) is 1. The normalized spacial score (nSPS) is 29.2. The fraction of sp³-hybridized carbons (Fsp3) is 0.500. The van der Waals surface area contributed by atoms with Crippen molar-refractivity contribution < 1.29 is 4.79 Å². The van der Waals surface area contributed by atoms with Gasteiger partial charge in [-0.1, -0.05) is 30.5 Å². The molecule has 6 rings (SSSR count). The van der Waals surface area contributed by atoms with Crippen molar-refractivity contribution in [2.75, 3.05) is 23.3 Å². The Morgan fingerprint density at radius 1 is 0.931 bits per heavy atom. The number of hydrogen-bond donors (Lipinski definition) is 1. The summed E-state index contributed by atoms with van der Waals surface area (Å²) in [6.45, 7) is 4.54. The Labute approximate surface area is 173 Å². The molecule has 2 saturated carbocycles. The number of benzene rings is 2. The second-order valence-electron chi connectivity index (χ2n) is 9.83. The van der Waals surface area contributed by atoms with Crippen LogP contribution in [-0.2, 0) is 0 Å². The lowest BCUT2D eigenvalue weighted by atomic mass is 9.75. The highest BCUT2D eigenvalue weighted by Crippen LogP contribution is 2.56. The van der Waals surface area contributed by atoms with Crippen molar-refractivity contribution >= 4 is 17.3 Å². The zero-order chi connectivity index (χ0) is 19.5. The van der Waals surface area contributed by atoms with Crippen LogP contribution in [0, 0.1) is 18.8 Å². The van der Waals surface area contributed by atoms with E-state index in [-0.39, 0.29) is 5.91 Å². The highest BCUT2D eigenvalue weighted by molar-refractivity contribution is 6.04. The van der Waals surface area contributed by atoms with E-state index in [4.69, 9.17) is 0 Å². The first-order chi connectivity index (χ1) is 14.2. The fourth-order valence-electron chi connectivity index (χ4n) is 6.83. The summed E-state index contributed by atoms with van der Waals surface area (Å²) in [5.41, 5.74) is 7.48. The van der Waals surface area contributed by atoms with E-state index in [0.29, 0.717) is 11.8 Å². The van der Waals surface area contributed by atoms with Crippen molar-refractivity contribution in [2.24, 2.45) is 11.8 Å². The lowest BCUT2D eigenvalue weighted by Gasteiger charge is -2.46. The largest absolute Gasteiger partial charge is 0.370 e. The van der Waals surface area contributed by atoms with E-state index in [1.807, 2.05) is 31.2 Å². The Morgan fingerprint density at radius 2 is 1.59 bits per heavy atom. The summed E-state index contributed by atoms with van der Waals surface area (Å²) in [6.07, 6.45) is 8.06. The predicted molar refractivity (Wildman–Crippen MR) is 118 cm³/mol. The maximum absolute atomic E-state index is 12.9. The summed E-state index contributed by atoms with van der Waals surface area (Å²) in [7, 11) is 0. The number of fused-ring (bicyclic) bond motifs is 4. The molecule has 2 aromatic rings. The lowest BCUT2D eigenvalue weighted by molar-refractivity contribution is 0.102. The summed E-state index contributed by atoms with van der Waals surface area (Å²) in [4.78, 5) is 15.7. The van der Waals surface area contributed by atoms with Crippen LogP contribution in [0.25, 0.3) is 0 Å². The first-order valence-electron chi connectivity index (χ1n) is 11.5. The number of nitrogens with one attached hydrogen (secondary N) is 1. The molecule has 2 aliphatic carbocycles. The number of anilines is 2. The van der Waals surface area contributed by atoms with Crippen molar-refractivity contribution in [2.45, 2.75) is 57.3 Å². The van der Waals surface area contributed by atoms with E-state index < -0.39 is 0 Å². The highest BCUT2D eigenvalue weighted by Gasteiger charge is 2.44. The minimum absolute atomic E-state index is 0.00951. The van der Waals surface area contributed by atoms with Gasteiger partial charge in [-0.3, -0.25) is 4.79 Å². The standard InChI is InChI=1S/C26H30N2O/c1-16-5-2-6-17(11-16)26(29)27-20-12-23-21-9-3-7-18(21)14-28-15-19-8-4-10-22(19)24(13-20)25(23)28/h2,5-6,11-13,18-19,21-22H,3-4,7-10,14-15H2,1H3,(H,27,29)/t18-,19+,21-,22-/m0/s1. The molecular weight excluding hydrogens is 356 g/mol. The van der Waals surface area contributed by atoms with Crippen LogP contribution in [0.1, 0.15) is 77.4 Å². The average molecular weight is 387 g/mol. The zero-order valence-electron chi connectivity index (χ0n) is 17.3. The quantitative estimate of drug-likeness (QED) is 0.702. The maximum Gasteiger partial charge on any atom is 0.255 e. The van der Waals surface area contributed by atoms with Crippen molar-refractivity contribution in [3.63, 3.8) is 0 Å². The van der Waals surface area contributed by atoms with Crippen molar-refractivity contribution in [1.82, 2.24) is 0 Å². The van der Waals surface area contributed by atoms with Gasteiger partial charge in [0, 0.05) is 30.0 Å². The van der Waals surface area contributed by atoms with E-state index in [1.165, 1.54) is 62.7 Å². The van der Waals surface area contributed by atoms with Crippen molar-refractivity contribution in [1.29, 1.82) is 0 Å². The smallest absolute Gasteiger partial charge is 0.255 e. The zero-order valence-corrected chi connectivity index (χ0v) is 17.3. The van der Waals surface area contributed by atoms with E-state index in [2.05, 4.69) is 22.3 Å². The van der Waals surface area contributed by atoms with Gasteiger partial charge in [0.1, 0.15) is 0 Å². The van der Waals surface area contributed by atoms with E-state index in [0.717, 1.165) is 28.7 Å². The number of carbonyl (C=O) groups excluding carboxylic acids is 1. The van der Waals surface area contributed by atoms with E-state index >= 15 is 0 Å². The predicted octanol–water partition coefficient (Wildman–Crippen LogP) is 5.85.